The lowest BCUT2D eigenvalue weighted by atomic mass is 9.83. The molecule has 0 saturated carbocycles. The molecule has 2 rings (SSSR count). The van der Waals surface area contributed by atoms with Gasteiger partial charge in [-0.15, -0.1) is 0 Å². The van der Waals surface area contributed by atoms with Gasteiger partial charge in [-0.05, 0) is 30.5 Å². The van der Waals surface area contributed by atoms with Crippen LogP contribution in [0.5, 0.6) is 5.75 Å². The van der Waals surface area contributed by atoms with Crippen LogP contribution in [0.15, 0.2) is 36.4 Å². The summed E-state index contributed by atoms with van der Waals surface area (Å²) < 4.78 is 5.21. The first-order chi connectivity index (χ1) is 7.83. The molecule has 82 valence electrons. The maximum atomic E-state index is 8.95. The lowest BCUT2D eigenvalue weighted by Gasteiger charge is -2.20. The molecule has 0 unspecified atom stereocenters. The highest BCUT2D eigenvalue weighted by Crippen LogP contribution is 2.32. The van der Waals surface area contributed by atoms with E-state index in [1.807, 2.05) is 12.1 Å². The molecule has 0 fully saturated rings. The number of ether oxygens (including phenoxy) is 1. The SMILES string of the molecule is COc1cccc([C@@H]2C=CC[C@H](C#N)C2)c1. The van der Waals surface area contributed by atoms with E-state index in [0.29, 0.717) is 5.92 Å². The Morgan fingerprint density at radius 3 is 3.06 bits per heavy atom. The lowest BCUT2D eigenvalue weighted by Crippen LogP contribution is -2.08. The van der Waals surface area contributed by atoms with Crippen molar-refractivity contribution in [2.24, 2.45) is 5.92 Å². The van der Waals surface area contributed by atoms with E-state index in [1.165, 1.54) is 5.56 Å². The van der Waals surface area contributed by atoms with Crippen molar-refractivity contribution in [3.63, 3.8) is 0 Å². The van der Waals surface area contributed by atoms with Gasteiger partial charge in [0.25, 0.3) is 0 Å². The standard InChI is InChI=1S/C14H15NO/c1-16-14-7-3-6-13(9-14)12-5-2-4-11(8-12)10-15/h2-3,5-7,9,11-12H,4,8H2,1H3/t11-,12+/m0/s1. The molecule has 0 aliphatic heterocycles. The second kappa shape index (κ2) is 4.85. The Labute approximate surface area is 96.2 Å². The number of methoxy groups -OCH3 is 1. The first-order valence-corrected chi connectivity index (χ1v) is 5.53. The zero-order valence-electron chi connectivity index (χ0n) is 9.39. The molecule has 0 aromatic heterocycles. The third-order valence-electron chi connectivity index (χ3n) is 3.03. The maximum absolute atomic E-state index is 8.95. The molecule has 0 amide bonds. The van der Waals surface area contributed by atoms with E-state index in [1.54, 1.807) is 7.11 Å². The third-order valence-corrected chi connectivity index (χ3v) is 3.03. The molecular weight excluding hydrogens is 198 g/mol. The van der Waals surface area contributed by atoms with E-state index < -0.39 is 0 Å². The minimum absolute atomic E-state index is 0.154. The van der Waals surface area contributed by atoms with Gasteiger partial charge < -0.3 is 4.74 Å². The molecule has 0 radical (unpaired) electrons. The summed E-state index contributed by atoms with van der Waals surface area (Å²) in [6.45, 7) is 0. The Bertz CT molecular complexity index is 431. The van der Waals surface area contributed by atoms with Gasteiger partial charge in [0.1, 0.15) is 5.75 Å². The fourth-order valence-corrected chi connectivity index (χ4v) is 2.11. The van der Waals surface area contributed by atoms with Crippen LogP contribution in [0.25, 0.3) is 0 Å². The Hall–Kier alpha value is -1.75. The van der Waals surface area contributed by atoms with Crippen LogP contribution >= 0.6 is 0 Å². The van der Waals surface area contributed by atoms with Crippen molar-refractivity contribution in [2.45, 2.75) is 18.8 Å². The first-order valence-electron chi connectivity index (χ1n) is 5.53. The van der Waals surface area contributed by atoms with Gasteiger partial charge in [0.05, 0.1) is 19.1 Å². The summed E-state index contributed by atoms with van der Waals surface area (Å²) in [6, 6.07) is 10.4. The molecule has 0 saturated heterocycles. The number of benzene rings is 1. The summed E-state index contributed by atoms with van der Waals surface area (Å²) in [5.74, 6) is 1.39. The molecule has 2 nitrogen and oxygen atoms in total. The highest BCUT2D eigenvalue weighted by Gasteiger charge is 2.18. The molecule has 1 aromatic carbocycles. The minimum atomic E-state index is 0.154. The molecular formula is C14H15NO. The smallest absolute Gasteiger partial charge is 0.119 e. The summed E-state index contributed by atoms with van der Waals surface area (Å²) in [4.78, 5) is 0. The van der Waals surface area contributed by atoms with Crippen molar-refractivity contribution in [1.82, 2.24) is 0 Å². The van der Waals surface area contributed by atoms with Crippen molar-refractivity contribution < 1.29 is 4.74 Å². The summed E-state index contributed by atoms with van der Waals surface area (Å²) >= 11 is 0. The Morgan fingerprint density at radius 2 is 2.31 bits per heavy atom. The van der Waals surface area contributed by atoms with Crippen LogP contribution in [-0.4, -0.2) is 7.11 Å². The van der Waals surface area contributed by atoms with E-state index in [4.69, 9.17) is 10.00 Å². The normalized spacial score (nSPS) is 23.8. The van der Waals surface area contributed by atoms with Crippen LogP contribution in [0, 0.1) is 17.2 Å². The van der Waals surface area contributed by atoms with Gasteiger partial charge in [0.15, 0.2) is 0 Å². The number of hydrogen-bond acceptors (Lipinski definition) is 2. The predicted octanol–water partition coefficient (Wildman–Crippen LogP) is 3.27. The van der Waals surface area contributed by atoms with Crippen LogP contribution in [0.1, 0.15) is 24.3 Å². The van der Waals surface area contributed by atoms with Gasteiger partial charge in [0, 0.05) is 5.92 Å². The highest BCUT2D eigenvalue weighted by molar-refractivity contribution is 5.33. The second-order valence-electron chi connectivity index (χ2n) is 4.11. The summed E-state index contributed by atoms with van der Waals surface area (Å²) in [7, 11) is 1.67. The zero-order chi connectivity index (χ0) is 11.4. The van der Waals surface area contributed by atoms with Crippen molar-refractivity contribution in [3.05, 3.63) is 42.0 Å². The minimum Gasteiger partial charge on any atom is -0.497 e. The second-order valence-corrected chi connectivity index (χ2v) is 4.11. The van der Waals surface area contributed by atoms with Crippen molar-refractivity contribution in [1.29, 1.82) is 5.26 Å². The molecule has 0 heterocycles. The number of nitriles is 1. The van der Waals surface area contributed by atoms with E-state index in [0.717, 1.165) is 18.6 Å². The summed E-state index contributed by atoms with van der Waals surface area (Å²) in [5, 5.41) is 8.95. The van der Waals surface area contributed by atoms with Gasteiger partial charge in [-0.3, -0.25) is 0 Å². The van der Waals surface area contributed by atoms with Crippen molar-refractivity contribution in [3.8, 4) is 11.8 Å². The molecule has 0 N–H and O–H groups in total. The van der Waals surface area contributed by atoms with Gasteiger partial charge >= 0.3 is 0 Å². The highest BCUT2D eigenvalue weighted by atomic mass is 16.5. The number of hydrogen-bond donors (Lipinski definition) is 0. The molecule has 2 atom stereocenters. The fourth-order valence-electron chi connectivity index (χ4n) is 2.11. The van der Waals surface area contributed by atoms with Gasteiger partial charge in [-0.25, -0.2) is 0 Å². The Morgan fingerprint density at radius 1 is 1.44 bits per heavy atom. The van der Waals surface area contributed by atoms with Crippen molar-refractivity contribution in [2.75, 3.05) is 7.11 Å². The van der Waals surface area contributed by atoms with Crippen LogP contribution in [0.4, 0.5) is 0 Å². The largest absolute Gasteiger partial charge is 0.497 e. The quantitative estimate of drug-likeness (QED) is 0.706. The molecule has 1 aliphatic carbocycles. The first kappa shape index (κ1) is 10.8. The summed E-state index contributed by atoms with van der Waals surface area (Å²) in [5.41, 5.74) is 1.23. The lowest BCUT2D eigenvalue weighted by molar-refractivity contribution is 0.413. The number of rotatable bonds is 2. The van der Waals surface area contributed by atoms with E-state index in [-0.39, 0.29) is 5.92 Å². The zero-order valence-corrected chi connectivity index (χ0v) is 9.39. The molecule has 0 bridgehead atoms. The van der Waals surface area contributed by atoms with Crippen LogP contribution in [0.2, 0.25) is 0 Å². The van der Waals surface area contributed by atoms with E-state index in [2.05, 4.69) is 30.4 Å². The molecule has 16 heavy (non-hydrogen) atoms. The molecule has 0 spiro atoms. The molecule has 2 heteroatoms. The molecule has 1 aliphatic rings. The van der Waals surface area contributed by atoms with Gasteiger partial charge in [0.2, 0.25) is 0 Å². The fraction of sp³-hybridized carbons (Fsp3) is 0.357. The maximum Gasteiger partial charge on any atom is 0.119 e. The topological polar surface area (TPSA) is 33.0 Å². The monoisotopic (exact) mass is 213 g/mol. The average molecular weight is 213 g/mol. The third kappa shape index (κ3) is 2.25. The van der Waals surface area contributed by atoms with E-state index >= 15 is 0 Å². The van der Waals surface area contributed by atoms with Gasteiger partial charge in [-0.1, -0.05) is 24.3 Å². The van der Waals surface area contributed by atoms with Crippen LogP contribution in [-0.2, 0) is 0 Å². The Balaban J connectivity index is 2.21. The number of allylic oxidation sites excluding steroid dienone is 2. The summed E-state index contributed by atoms with van der Waals surface area (Å²) in [6.07, 6.45) is 6.11. The van der Waals surface area contributed by atoms with Crippen LogP contribution in [0.3, 0.4) is 0 Å². The predicted molar refractivity (Wildman–Crippen MR) is 63.2 cm³/mol. The Kier molecular flexibility index (Phi) is 3.26. The number of nitrogens with zero attached hydrogens (tertiary/aromatic N) is 1. The van der Waals surface area contributed by atoms with E-state index in [9.17, 15) is 0 Å². The van der Waals surface area contributed by atoms with Gasteiger partial charge in [-0.2, -0.15) is 5.26 Å². The molecule has 1 aromatic rings. The van der Waals surface area contributed by atoms with Crippen LogP contribution < -0.4 is 4.74 Å². The average Bonchev–Trinajstić information content (AvgIpc) is 2.39. The van der Waals surface area contributed by atoms with Crippen molar-refractivity contribution >= 4 is 0 Å².